The Morgan fingerprint density at radius 1 is 1.62 bits per heavy atom. The standard InChI is InChI=1S/C5H11NO5S.Na/c1-4(7)5(8)6-2-3-12(9,10)11;/h4,7H,2-3H2,1H3,(H,6,8)(H,9,10,11);/q;+1/p-1/t4-;/m0./s1. The number of amides is 1. The maximum atomic E-state index is 10.6. The van der Waals surface area contributed by atoms with Gasteiger partial charge in [-0.3, -0.25) is 4.79 Å². The maximum Gasteiger partial charge on any atom is 1.00 e. The summed E-state index contributed by atoms with van der Waals surface area (Å²) in [7, 11) is -4.29. The minimum Gasteiger partial charge on any atom is -0.748 e. The zero-order valence-corrected chi connectivity index (χ0v) is 10.3. The third kappa shape index (κ3) is 10.3. The molecule has 0 aliphatic rings. The van der Waals surface area contributed by atoms with Gasteiger partial charge in [-0.05, 0) is 6.92 Å². The Morgan fingerprint density at radius 3 is 2.38 bits per heavy atom. The number of carbonyl (C=O) groups excluding carboxylic acids is 1. The molecule has 0 heterocycles. The van der Waals surface area contributed by atoms with Gasteiger partial charge in [0.2, 0.25) is 5.91 Å². The van der Waals surface area contributed by atoms with Gasteiger partial charge in [0.05, 0.1) is 15.9 Å². The van der Waals surface area contributed by atoms with Crippen molar-refractivity contribution >= 4 is 16.0 Å². The van der Waals surface area contributed by atoms with Crippen LogP contribution in [0, 0.1) is 0 Å². The summed E-state index contributed by atoms with van der Waals surface area (Å²) in [4.78, 5) is 10.6. The van der Waals surface area contributed by atoms with E-state index in [0.29, 0.717) is 0 Å². The molecule has 0 aliphatic heterocycles. The Balaban J connectivity index is 0. The minimum absolute atomic E-state index is 0. The third-order valence-electron chi connectivity index (χ3n) is 1.03. The first kappa shape index (κ1) is 15.8. The first-order chi connectivity index (χ1) is 5.33. The smallest absolute Gasteiger partial charge is 0.748 e. The van der Waals surface area contributed by atoms with E-state index in [1.165, 1.54) is 6.92 Å². The molecular formula is C5H10NNaO5S. The van der Waals surface area contributed by atoms with Crippen molar-refractivity contribution in [1.82, 2.24) is 5.32 Å². The van der Waals surface area contributed by atoms with E-state index in [4.69, 9.17) is 5.11 Å². The third-order valence-corrected chi connectivity index (χ3v) is 1.73. The predicted molar refractivity (Wildman–Crippen MR) is 39.3 cm³/mol. The molecular weight excluding hydrogens is 209 g/mol. The molecule has 0 saturated carbocycles. The van der Waals surface area contributed by atoms with Crippen molar-refractivity contribution in [2.45, 2.75) is 13.0 Å². The second-order valence-corrected chi connectivity index (χ2v) is 3.75. The molecule has 0 aromatic carbocycles. The van der Waals surface area contributed by atoms with Crippen molar-refractivity contribution in [1.29, 1.82) is 0 Å². The zero-order chi connectivity index (χ0) is 9.78. The van der Waals surface area contributed by atoms with E-state index in [2.05, 4.69) is 5.32 Å². The second kappa shape index (κ2) is 6.74. The molecule has 1 amide bonds. The summed E-state index contributed by atoms with van der Waals surface area (Å²) in [5.74, 6) is -1.36. The average Bonchev–Trinajstić information content (AvgIpc) is 1.84. The van der Waals surface area contributed by atoms with Gasteiger partial charge in [0.25, 0.3) is 0 Å². The molecule has 8 heteroatoms. The van der Waals surface area contributed by atoms with Crippen molar-refractivity contribution in [3.63, 3.8) is 0 Å². The Morgan fingerprint density at radius 2 is 2.08 bits per heavy atom. The van der Waals surface area contributed by atoms with Crippen LogP contribution in [-0.2, 0) is 14.9 Å². The largest absolute Gasteiger partial charge is 1.00 e. The zero-order valence-electron chi connectivity index (χ0n) is 7.48. The maximum absolute atomic E-state index is 10.6. The topological polar surface area (TPSA) is 107 Å². The van der Waals surface area contributed by atoms with Gasteiger partial charge >= 0.3 is 29.6 Å². The van der Waals surface area contributed by atoms with Crippen molar-refractivity contribution in [2.75, 3.05) is 12.3 Å². The molecule has 0 unspecified atom stereocenters. The van der Waals surface area contributed by atoms with Crippen LogP contribution in [0.5, 0.6) is 0 Å². The van der Waals surface area contributed by atoms with Crippen LogP contribution >= 0.6 is 0 Å². The summed E-state index contributed by atoms with van der Waals surface area (Å²) in [5.41, 5.74) is 0. The number of hydrogen-bond acceptors (Lipinski definition) is 5. The molecule has 72 valence electrons. The Hall–Kier alpha value is 0.340. The fourth-order valence-electron chi connectivity index (χ4n) is 0.447. The number of aliphatic hydroxyl groups is 1. The van der Waals surface area contributed by atoms with Crippen molar-refractivity contribution in [2.24, 2.45) is 0 Å². The SMILES string of the molecule is C[C@H](O)C(=O)NCCS(=O)(=O)[O-].[Na+]. The molecule has 0 saturated heterocycles. The summed E-state index contributed by atoms with van der Waals surface area (Å²) in [5, 5.41) is 10.7. The van der Waals surface area contributed by atoms with Crippen LogP contribution in [-0.4, -0.2) is 42.4 Å². The van der Waals surface area contributed by atoms with Crippen LogP contribution in [0.4, 0.5) is 0 Å². The molecule has 13 heavy (non-hydrogen) atoms. The summed E-state index contributed by atoms with van der Waals surface area (Å²) in [6.45, 7) is 0.969. The summed E-state index contributed by atoms with van der Waals surface area (Å²) >= 11 is 0. The van der Waals surface area contributed by atoms with Crippen LogP contribution in [0.1, 0.15) is 6.92 Å². The van der Waals surface area contributed by atoms with Gasteiger partial charge < -0.3 is 15.0 Å². The normalized spacial score (nSPS) is 12.8. The Bertz CT molecular complexity index is 250. The van der Waals surface area contributed by atoms with E-state index in [1.54, 1.807) is 0 Å². The monoisotopic (exact) mass is 219 g/mol. The van der Waals surface area contributed by atoms with Crippen LogP contribution in [0.3, 0.4) is 0 Å². The minimum atomic E-state index is -4.29. The number of aliphatic hydroxyl groups excluding tert-OH is 1. The van der Waals surface area contributed by atoms with Gasteiger partial charge in [-0.1, -0.05) is 0 Å². The van der Waals surface area contributed by atoms with E-state index >= 15 is 0 Å². The van der Waals surface area contributed by atoms with Crippen LogP contribution in [0.15, 0.2) is 0 Å². The molecule has 6 nitrogen and oxygen atoms in total. The van der Waals surface area contributed by atoms with Crippen molar-refractivity contribution < 1.29 is 52.4 Å². The molecule has 0 aromatic rings. The molecule has 2 N–H and O–H groups in total. The molecule has 0 aromatic heterocycles. The summed E-state index contributed by atoms with van der Waals surface area (Å²) in [6, 6.07) is 0. The van der Waals surface area contributed by atoms with Gasteiger partial charge in [0, 0.05) is 6.54 Å². The summed E-state index contributed by atoms with van der Waals surface area (Å²) in [6.07, 6.45) is -1.20. The second-order valence-electron chi connectivity index (χ2n) is 2.23. The number of rotatable bonds is 4. The van der Waals surface area contributed by atoms with Gasteiger partial charge in [-0.2, -0.15) is 0 Å². The number of hydrogen-bond donors (Lipinski definition) is 2. The van der Waals surface area contributed by atoms with Crippen molar-refractivity contribution in [3.05, 3.63) is 0 Å². The molecule has 0 spiro atoms. The van der Waals surface area contributed by atoms with Crippen LogP contribution in [0.25, 0.3) is 0 Å². The fourth-order valence-corrected chi connectivity index (χ4v) is 0.799. The molecule has 1 atom stereocenters. The van der Waals surface area contributed by atoms with E-state index < -0.39 is 27.9 Å². The number of nitrogens with one attached hydrogen (secondary N) is 1. The molecule has 0 fully saturated rings. The first-order valence-electron chi connectivity index (χ1n) is 3.22. The molecule has 0 bridgehead atoms. The predicted octanol–water partition coefficient (Wildman–Crippen LogP) is -4.97. The van der Waals surface area contributed by atoms with Crippen LogP contribution in [0.2, 0.25) is 0 Å². The number of carbonyl (C=O) groups is 1. The van der Waals surface area contributed by atoms with Gasteiger partial charge in [0.1, 0.15) is 6.10 Å². The molecule has 0 rings (SSSR count). The van der Waals surface area contributed by atoms with Gasteiger partial charge in [-0.25, -0.2) is 8.42 Å². The first-order valence-corrected chi connectivity index (χ1v) is 4.80. The Kier molecular flexibility index (Phi) is 8.19. The van der Waals surface area contributed by atoms with E-state index in [9.17, 15) is 17.8 Å². The van der Waals surface area contributed by atoms with E-state index in [0.717, 1.165) is 0 Å². The van der Waals surface area contributed by atoms with Gasteiger partial charge in [0.15, 0.2) is 0 Å². The fraction of sp³-hybridized carbons (Fsp3) is 0.800. The van der Waals surface area contributed by atoms with Gasteiger partial charge in [-0.15, -0.1) is 0 Å². The van der Waals surface area contributed by atoms with E-state index in [-0.39, 0.29) is 36.1 Å². The van der Waals surface area contributed by atoms with Crippen LogP contribution < -0.4 is 34.9 Å². The molecule has 0 aliphatic carbocycles. The quantitative estimate of drug-likeness (QED) is 0.364. The summed E-state index contributed by atoms with van der Waals surface area (Å²) < 4.78 is 30.0. The van der Waals surface area contributed by atoms with Crippen molar-refractivity contribution in [3.8, 4) is 0 Å². The Labute approximate surface area is 98.7 Å². The average molecular weight is 219 g/mol. The van der Waals surface area contributed by atoms with E-state index in [1.807, 2.05) is 0 Å². The molecule has 0 radical (unpaired) electrons.